The second-order valence-corrected chi connectivity index (χ2v) is 5.03. The molecule has 1 aromatic rings. The van der Waals surface area contributed by atoms with Crippen molar-refractivity contribution in [1.82, 2.24) is 0 Å². The molecule has 4 heteroatoms. The van der Waals surface area contributed by atoms with Crippen molar-refractivity contribution in [2.45, 2.75) is 11.8 Å². The van der Waals surface area contributed by atoms with Gasteiger partial charge in [-0.2, -0.15) is 0 Å². The molecule has 2 atom stereocenters. The van der Waals surface area contributed by atoms with Gasteiger partial charge in [0.25, 0.3) is 5.92 Å². The highest BCUT2D eigenvalue weighted by atomic mass is 79.9. The summed E-state index contributed by atoms with van der Waals surface area (Å²) in [6.07, 6.45) is 0. The first-order chi connectivity index (χ1) is 6.57. The van der Waals surface area contributed by atoms with Crippen molar-refractivity contribution in [3.8, 4) is 0 Å². The zero-order chi connectivity index (χ0) is 10.3. The molecule has 0 spiro atoms. The lowest BCUT2D eigenvalue weighted by atomic mass is 10.1. The molecule has 0 radical (unpaired) electrons. The van der Waals surface area contributed by atoms with E-state index in [2.05, 4.69) is 31.9 Å². The van der Waals surface area contributed by atoms with Crippen LogP contribution in [0.5, 0.6) is 0 Å². The molecule has 0 bridgehead atoms. The van der Waals surface area contributed by atoms with Crippen molar-refractivity contribution >= 4 is 31.9 Å². The van der Waals surface area contributed by atoms with E-state index in [1.807, 2.05) is 0 Å². The molecule has 0 heterocycles. The van der Waals surface area contributed by atoms with Gasteiger partial charge in [0.15, 0.2) is 0 Å². The van der Waals surface area contributed by atoms with Crippen molar-refractivity contribution in [1.29, 1.82) is 0 Å². The molecular formula is C10H8Br2F2. The third-order valence-electron chi connectivity index (χ3n) is 2.60. The largest absolute Gasteiger partial charge is 0.259 e. The summed E-state index contributed by atoms with van der Waals surface area (Å²) < 4.78 is 27.3. The van der Waals surface area contributed by atoms with Crippen molar-refractivity contribution < 1.29 is 8.78 Å². The van der Waals surface area contributed by atoms with E-state index in [4.69, 9.17) is 0 Å². The maximum Gasteiger partial charge on any atom is 0.259 e. The van der Waals surface area contributed by atoms with Crippen LogP contribution in [-0.4, -0.2) is 11.3 Å². The van der Waals surface area contributed by atoms with Crippen molar-refractivity contribution in [3.63, 3.8) is 0 Å². The van der Waals surface area contributed by atoms with Gasteiger partial charge in [0, 0.05) is 15.7 Å². The molecule has 0 N–H and O–H groups in total. The summed E-state index contributed by atoms with van der Waals surface area (Å²) in [4.78, 5) is 0. The van der Waals surface area contributed by atoms with E-state index in [1.165, 1.54) is 0 Å². The minimum absolute atomic E-state index is 0.362. The number of benzene rings is 1. The Kier molecular flexibility index (Phi) is 2.68. The SMILES string of the molecule is FC1(F)[C@H](c2ccc(Br)cc2)[C@@H]1CBr. The van der Waals surface area contributed by atoms with Crippen LogP contribution in [0.4, 0.5) is 8.78 Å². The Hall–Kier alpha value is 0.0400. The molecule has 1 aromatic carbocycles. The molecule has 76 valence electrons. The van der Waals surface area contributed by atoms with Crippen molar-refractivity contribution in [3.05, 3.63) is 34.3 Å². The maximum absolute atomic E-state index is 13.2. The summed E-state index contributed by atoms with van der Waals surface area (Å²) in [5.41, 5.74) is 0.725. The highest BCUT2D eigenvalue weighted by molar-refractivity contribution is 9.10. The van der Waals surface area contributed by atoms with Crippen LogP contribution in [-0.2, 0) is 0 Å². The molecule has 1 fully saturated rings. The molecule has 0 aliphatic heterocycles. The third-order valence-corrected chi connectivity index (χ3v) is 3.82. The molecule has 0 unspecified atom stereocenters. The van der Waals surface area contributed by atoms with E-state index in [0.29, 0.717) is 5.33 Å². The predicted octanol–water partition coefficient (Wildman–Crippen LogP) is 4.19. The first kappa shape index (κ1) is 10.6. The molecule has 1 saturated carbocycles. The molecule has 0 amide bonds. The standard InChI is InChI=1S/C10H8Br2F2/c11-5-8-9(10(8,13)14)6-1-3-7(12)4-2-6/h1-4,8-9H,5H2/t8-,9+/m0/s1. The minimum atomic E-state index is -2.53. The molecule has 14 heavy (non-hydrogen) atoms. The summed E-state index contributed by atoms with van der Waals surface area (Å²) in [7, 11) is 0. The summed E-state index contributed by atoms with van der Waals surface area (Å²) >= 11 is 6.39. The molecule has 1 aliphatic rings. The van der Waals surface area contributed by atoms with Crippen LogP contribution in [0.15, 0.2) is 28.7 Å². The van der Waals surface area contributed by atoms with Crippen LogP contribution in [0.1, 0.15) is 11.5 Å². The van der Waals surface area contributed by atoms with Crippen molar-refractivity contribution in [2.75, 3.05) is 5.33 Å². The average Bonchev–Trinajstić information content (AvgIpc) is 2.69. The van der Waals surface area contributed by atoms with Gasteiger partial charge in [-0.3, -0.25) is 0 Å². The molecule has 0 saturated heterocycles. The van der Waals surface area contributed by atoms with Gasteiger partial charge in [-0.1, -0.05) is 44.0 Å². The van der Waals surface area contributed by atoms with E-state index in [9.17, 15) is 8.78 Å². The Morgan fingerprint density at radius 1 is 1.21 bits per heavy atom. The summed E-state index contributed by atoms with van der Waals surface area (Å²) in [6, 6.07) is 7.11. The second-order valence-electron chi connectivity index (χ2n) is 3.46. The third kappa shape index (κ3) is 1.63. The first-order valence-electron chi connectivity index (χ1n) is 4.26. The number of hydrogen-bond acceptors (Lipinski definition) is 0. The molecule has 1 aliphatic carbocycles. The Morgan fingerprint density at radius 3 is 2.21 bits per heavy atom. The number of hydrogen-bond donors (Lipinski definition) is 0. The van der Waals surface area contributed by atoms with Crippen LogP contribution in [0.25, 0.3) is 0 Å². The fourth-order valence-electron chi connectivity index (χ4n) is 1.71. The minimum Gasteiger partial charge on any atom is -0.206 e. The van der Waals surface area contributed by atoms with Crippen LogP contribution < -0.4 is 0 Å². The second kappa shape index (κ2) is 3.56. The highest BCUT2D eigenvalue weighted by Crippen LogP contribution is 2.62. The Morgan fingerprint density at radius 2 is 1.79 bits per heavy atom. The number of alkyl halides is 3. The van der Waals surface area contributed by atoms with Gasteiger partial charge in [0.05, 0.1) is 5.92 Å². The van der Waals surface area contributed by atoms with Gasteiger partial charge in [-0.25, -0.2) is 8.78 Å². The van der Waals surface area contributed by atoms with Crippen LogP contribution in [0.3, 0.4) is 0 Å². The molecule has 0 aromatic heterocycles. The van der Waals surface area contributed by atoms with Gasteiger partial charge >= 0.3 is 0 Å². The molecule has 0 nitrogen and oxygen atoms in total. The Bertz CT molecular complexity index is 334. The topological polar surface area (TPSA) is 0 Å². The first-order valence-corrected chi connectivity index (χ1v) is 6.18. The van der Waals surface area contributed by atoms with E-state index in [1.54, 1.807) is 24.3 Å². The summed E-state index contributed by atoms with van der Waals surface area (Å²) in [5, 5.41) is 0.362. The van der Waals surface area contributed by atoms with E-state index in [-0.39, 0.29) is 0 Å². The molecule has 2 rings (SSSR count). The van der Waals surface area contributed by atoms with Gasteiger partial charge < -0.3 is 0 Å². The quantitative estimate of drug-likeness (QED) is 0.715. The van der Waals surface area contributed by atoms with Gasteiger partial charge in [0.1, 0.15) is 0 Å². The Balaban J connectivity index is 2.22. The maximum atomic E-state index is 13.2. The van der Waals surface area contributed by atoms with E-state index >= 15 is 0 Å². The smallest absolute Gasteiger partial charge is 0.206 e. The zero-order valence-corrected chi connectivity index (χ0v) is 10.4. The monoisotopic (exact) mass is 324 g/mol. The number of rotatable bonds is 2. The summed E-state index contributed by atoms with van der Waals surface area (Å²) in [6.45, 7) is 0. The van der Waals surface area contributed by atoms with Crippen LogP contribution in [0, 0.1) is 5.92 Å². The van der Waals surface area contributed by atoms with Gasteiger partial charge in [0.2, 0.25) is 0 Å². The fourth-order valence-corrected chi connectivity index (χ4v) is 2.78. The lowest BCUT2D eigenvalue weighted by molar-refractivity contribution is 0.0973. The van der Waals surface area contributed by atoms with Crippen LogP contribution in [0.2, 0.25) is 0 Å². The lowest BCUT2D eigenvalue weighted by Gasteiger charge is -1.98. The molecular weight excluding hydrogens is 318 g/mol. The lowest BCUT2D eigenvalue weighted by Crippen LogP contribution is -1.94. The van der Waals surface area contributed by atoms with E-state index in [0.717, 1.165) is 10.0 Å². The zero-order valence-electron chi connectivity index (χ0n) is 7.18. The van der Waals surface area contributed by atoms with Crippen LogP contribution >= 0.6 is 31.9 Å². The van der Waals surface area contributed by atoms with E-state index < -0.39 is 17.8 Å². The fraction of sp³-hybridized carbons (Fsp3) is 0.400. The summed E-state index contributed by atoms with van der Waals surface area (Å²) in [5.74, 6) is -3.67. The predicted molar refractivity (Wildman–Crippen MR) is 59.1 cm³/mol. The van der Waals surface area contributed by atoms with Crippen molar-refractivity contribution in [2.24, 2.45) is 5.92 Å². The Labute approximate surface area is 98.0 Å². The highest BCUT2D eigenvalue weighted by Gasteiger charge is 2.67. The average molecular weight is 326 g/mol. The van der Waals surface area contributed by atoms with Gasteiger partial charge in [-0.05, 0) is 17.7 Å². The normalized spacial score (nSPS) is 28.9. The van der Waals surface area contributed by atoms with Gasteiger partial charge in [-0.15, -0.1) is 0 Å². The number of halogens is 4.